The normalized spacial score (nSPS) is 12.0. The van der Waals surface area contributed by atoms with Crippen molar-refractivity contribution in [1.82, 2.24) is 20.9 Å². The molecule has 3 N–H and O–H groups in total. The highest BCUT2D eigenvalue weighted by molar-refractivity contribution is 5.86. The summed E-state index contributed by atoms with van der Waals surface area (Å²) in [5.41, 5.74) is 2.77. The molecule has 0 aliphatic carbocycles. The molecule has 0 aliphatic heterocycles. The molecule has 0 bridgehead atoms. The van der Waals surface area contributed by atoms with Gasteiger partial charge in [-0.2, -0.15) is 0 Å². The van der Waals surface area contributed by atoms with Gasteiger partial charge in [-0.05, 0) is 39.8 Å². The van der Waals surface area contributed by atoms with Crippen LogP contribution in [0, 0.1) is 6.92 Å². The molecular formula is C20H29N5O2. The monoisotopic (exact) mass is 371 g/mol. The second kappa shape index (κ2) is 9.21. The molecule has 7 heteroatoms. The first-order valence-corrected chi connectivity index (χ1v) is 9.04. The van der Waals surface area contributed by atoms with Gasteiger partial charge in [-0.25, -0.2) is 4.98 Å². The van der Waals surface area contributed by atoms with Gasteiger partial charge >= 0.3 is 0 Å². The Labute approximate surface area is 160 Å². The largest absolute Gasteiger partial charge is 0.444 e. The Hall–Kier alpha value is -2.83. The van der Waals surface area contributed by atoms with Crippen LogP contribution >= 0.6 is 0 Å². The number of aryl methyl sites for hydroxylation is 1. The molecule has 2 aromatic rings. The molecule has 0 spiro atoms. The maximum absolute atomic E-state index is 11.9. The van der Waals surface area contributed by atoms with E-state index in [9.17, 15) is 4.79 Å². The fourth-order valence-electron chi connectivity index (χ4n) is 2.41. The van der Waals surface area contributed by atoms with E-state index in [-0.39, 0.29) is 18.0 Å². The average Bonchev–Trinajstić information content (AvgIpc) is 3.06. The molecule has 0 atom stereocenters. The van der Waals surface area contributed by atoms with Gasteiger partial charge in [0, 0.05) is 31.1 Å². The summed E-state index contributed by atoms with van der Waals surface area (Å²) in [4.78, 5) is 20.5. The van der Waals surface area contributed by atoms with Crippen molar-refractivity contribution < 1.29 is 9.21 Å². The molecule has 0 aliphatic rings. The zero-order valence-corrected chi connectivity index (χ0v) is 16.7. The van der Waals surface area contributed by atoms with Crippen LogP contribution in [-0.4, -0.2) is 42.5 Å². The first-order chi connectivity index (χ1) is 12.8. The van der Waals surface area contributed by atoms with Gasteiger partial charge in [0.05, 0.1) is 12.2 Å². The van der Waals surface area contributed by atoms with E-state index in [4.69, 9.17) is 4.42 Å². The number of carbonyl (C=O) groups is 1. The third kappa shape index (κ3) is 7.13. The van der Waals surface area contributed by atoms with Gasteiger partial charge in [-0.1, -0.05) is 17.7 Å². The van der Waals surface area contributed by atoms with Crippen LogP contribution in [0.3, 0.4) is 0 Å². The molecule has 1 aromatic heterocycles. The summed E-state index contributed by atoms with van der Waals surface area (Å²) < 4.78 is 5.56. The lowest BCUT2D eigenvalue weighted by atomic mass is 10.1. The molecule has 146 valence electrons. The summed E-state index contributed by atoms with van der Waals surface area (Å²) in [6.45, 7) is 8.67. The van der Waals surface area contributed by atoms with Gasteiger partial charge in [0.1, 0.15) is 6.26 Å². The molecule has 1 amide bonds. The molecular weight excluding hydrogens is 342 g/mol. The Morgan fingerprint density at radius 2 is 1.89 bits per heavy atom. The second-order valence-corrected chi connectivity index (χ2v) is 7.41. The van der Waals surface area contributed by atoms with Gasteiger partial charge in [-0.15, -0.1) is 0 Å². The molecule has 2 rings (SSSR count). The number of hydrogen-bond donors (Lipinski definition) is 3. The summed E-state index contributed by atoms with van der Waals surface area (Å²) in [5, 5.41) is 9.06. The summed E-state index contributed by atoms with van der Waals surface area (Å²) >= 11 is 0. The molecule has 0 radical (unpaired) electrons. The number of nitrogens with one attached hydrogen (secondary N) is 3. The zero-order valence-electron chi connectivity index (χ0n) is 16.7. The summed E-state index contributed by atoms with van der Waals surface area (Å²) in [6, 6.07) is 8.06. The maximum atomic E-state index is 11.9. The second-order valence-electron chi connectivity index (χ2n) is 7.41. The van der Waals surface area contributed by atoms with Crippen molar-refractivity contribution >= 4 is 11.9 Å². The van der Waals surface area contributed by atoms with Crippen LogP contribution in [0.4, 0.5) is 0 Å². The van der Waals surface area contributed by atoms with E-state index in [1.165, 1.54) is 5.56 Å². The first kappa shape index (κ1) is 20.5. The van der Waals surface area contributed by atoms with E-state index >= 15 is 0 Å². The Morgan fingerprint density at radius 3 is 2.52 bits per heavy atom. The molecule has 1 heterocycles. The lowest BCUT2D eigenvalue weighted by molar-refractivity contribution is -0.121. The van der Waals surface area contributed by atoms with Gasteiger partial charge in [-0.3, -0.25) is 9.79 Å². The van der Waals surface area contributed by atoms with E-state index in [0.717, 1.165) is 11.3 Å². The minimum atomic E-state index is -0.252. The van der Waals surface area contributed by atoms with Gasteiger partial charge in [0.2, 0.25) is 11.8 Å². The van der Waals surface area contributed by atoms with Crippen LogP contribution in [0.2, 0.25) is 0 Å². The number of amides is 1. The fourth-order valence-corrected chi connectivity index (χ4v) is 2.41. The number of rotatable bonds is 6. The van der Waals surface area contributed by atoms with E-state index in [0.29, 0.717) is 24.8 Å². The molecule has 7 nitrogen and oxygen atoms in total. The van der Waals surface area contributed by atoms with Crippen LogP contribution in [0.5, 0.6) is 0 Å². The Bertz CT molecular complexity index is 772. The molecule has 0 unspecified atom stereocenters. The van der Waals surface area contributed by atoms with Crippen LogP contribution in [0.15, 0.2) is 39.9 Å². The van der Waals surface area contributed by atoms with E-state index in [2.05, 4.69) is 25.9 Å². The van der Waals surface area contributed by atoms with Gasteiger partial charge in [0.25, 0.3) is 0 Å². The highest BCUT2D eigenvalue weighted by Gasteiger charge is 2.13. The van der Waals surface area contributed by atoms with Gasteiger partial charge < -0.3 is 20.4 Å². The minimum Gasteiger partial charge on any atom is -0.444 e. The third-order valence-electron chi connectivity index (χ3n) is 3.68. The van der Waals surface area contributed by atoms with Crippen LogP contribution in [-0.2, 0) is 11.2 Å². The van der Waals surface area contributed by atoms with Crippen molar-refractivity contribution in [2.24, 2.45) is 4.99 Å². The first-order valence-electron chi connectivity index (χ1n) is 9.04. The van der Waals surface area contributed by atoms with Crippen molar-refractivity contribution in [3.05, 3.63) is 41.8 Å². The van der Waals surface area contributed by atoms with Crippen molar-refractivity contribution in [1.29, 1.82) is 0 Å². The topological polar surface area (TPSA) is 91.6 Å². The lowest BCUT2D eigenvalue weighted by Gasteiger charge is -2.21. The Balaban J connectivity index is 1.78. The maximum Gasteiger partial charge on any atom is 0.239 e. The standard InChI is InChI=1S/C20H29N5O2/c1-14-6-8-15(9-7-14)18-24-16(13-27-18)10-11-22-19(21-5)23-12-17(26)25-20(2,3)4/h6-9,13H,10-12H2,1-5H3,(H,25,26)(H2,21,22,23). The Kier molecular flexibility index (Phi) is 6.98. The van der Waals surface area contributed by atoms with Crippen LogP contribution in [0.1, 0.15) is 32.0 Å². The molecule has 0 saturated carbocycles. The number of hydrogen-bond acceptors (Lipinski definition) is 4. The predicted octanol–water partition coefficient (Wildman–Crippen LogP) is 2.27. The molecule has 0 fully saturated rings. The number of aromatic nitrogens is 1. The summed E-state index contributed by atoms with van der Waals surface area (Å²) in [7, 11) is 1.67. The molecule has 1 aromatic carbocycles. The fraction of sp³-hybridized carbons (Fsp3) is 0.450. The van der Waals surface area contributed by atoms with E-state index < -0.39 is 0 Å². The van der Waals surface area contributed by atoms with Crippen molar-refractivity contribution in [2.45, 2.75) is 39.7 Å². The smallest absolute Gasteiger partial charge is 0.239 e. The van der Waals surface area contributed by atoms with Crippen LogP contribution in [0.25, 0.3) is 11.5 Å². The molecule has 27 heavy (non-hydrogen) atoms. The number of carbonyl (C=O) groups excluding carboxylic acids is 1. The number of guanidine groups is 1. The average molecular weight is 371 g/mol. The van der Waals surface area contributed by atoms with Crippen molar-refractivity contribution in [3.8, 4) is 11.5 Å². The minimum absolute atomic E-state index is 0.0790. The zero-order chi connectivity index (χ0) is 19.9. The number of oxazole rings is 1. The Morgan fingerprint density at radius 1 is 1.19 bits per heavy atom. The number of benzene rings is 1. The predicted molar refractivity (Wildman–Crippen MR) is 108 cm³/mol. The number of aliphatic imine (C=N–C) groups is 1. The van der Waals surface area contributed by atoms with E-state index in [1.807, 2.05) is 52.0 Å². The van der Waals surface area contributed by atoms with Crippen molar-refractivity contribution in [3.63, 3.8) is 0 Å². The third-order valence-corrected chi connectivity index (χ3v) is 3.68. The number of nitrogens with zero attached hydrogens (tertiary/aromatic N) is 2. The summed E-state index contributed by atoms with van der Waals surface area (Å²) in [6.07, 6.45) is 2.36. The summed E-state index contributed by atoms with van der Waals surface area (Å²) in [5.74, 6) is 1.11. The SMILES string of the molecule is CN=C(NCCc1coc(-c2ccc(C)cc2)n1)NCC(=O)NC(C)(C)C. The van der Waals surface area contributed by atoms with Crippen molar-refractivity contribution in [2.75, 3.05) is 20.1 Å². The quantitative estimate of drug-likeness (QED) is 0.535. The highest BCUT2D eigenvalue weighted by Crippen LogP contribution is 2.19. The molecule has 0 saturated heterocycles. The van der Waals surface area contributed by atoms with Crippen LogP contribution < -0.4 is 16.0 Å². The lowest BCUT2D eigenvalue weighted by Crippen LogP contribution is -2.48. The van der Waals surface area contributed by atoms with Gasteiger partial charge in [0.15, 0.2) is 5.96 Å². The highest BCUT2D eigenvalue weighted by atomic mass is 16.3. The van der Waals surface area contributed by atoms with E-state index in [1.54, 1.807) is 13.3 Å².